The second kappa shape index (κ2) is 12.1. The zero-order valence-corrected chi connectivity index (χ0v) is 30.1. The maximum absolute atomic E-state index is 14.8. The summed E-state index contributed by atoms with van der Waals surface area (Å²) in [6.45, 7) is 3.68. The van der Waals surface area contributed by atoms with Crippen LogP contribution in [0.5, 0.6) is 5.75 Å². The van der Waals surface area contributed by atoms with Crippen LogP contribution in [0.25, 0.3) is 10.9 Å². The molecular formula is C37H48N6O5S. The van der Waals surface area contributed by atoms with Crippen LogP contribution in [0.1, 0.15) is 61.6 Å². The van der Waals surface area contributed by atoms with Crippen LogP contribution in [0.2, 0.25) is 0 Å². The topological polar surface area (TPSA) is 107 Å². The first-order chi connectivity index (χ1) is 23.5. The first-order valence-electron chi connectivity index (χ1n) is 17.8. The maximum Gasteiger partial charge on any atom is 0.303 e. The molecule has 8 rings (SSSR count). The summed E-state index contributed by atoms with van der Waals surface area (Å²) in [5.74, 6) is 0.111. The fourth-order valence-electron chi connectivity index (χ4n) is 9.49. The summed E-state index contributed by atoms with van der Waals surface area (Å²) in [7, 11) is 4.86. The second-order valence-electron chi connectivity index (χ2n) is 15.2. The summed E-state index contributed by atoms with van der Waals surface area (Å²) in [5.41, 5.74) is 6.47. The smallest absolute Gasteiger partial charge is 0.303 e. The summed E-state index contributed by atoms with van der Waals surface area (Å²) in [5, 5.41) is 1.03. The lowest BCUT2D eigenvalue weighted by molar-refractivity contribution is -0.142. The van der Waals surface area contributed by atoms with E-state index in [1.165, 1.54) is 38.9 Å². The highest BCUT2D eigenvalue weighted by atomic mass is 32.2. The van der Waals surface area contributed by atoms with Gasteiger partial charge in [-0.15, -0.1) is 0 Å². The van der Waals surface area contributed by atoms with Gasteiger partial charge in [0, 0.05) is 75.9 Å². The number of carbonyl (C=O) groups is 2. The molecule has 4 heterocycles. The number of ether oxygens (including phenoxy) is 1. The van der Waals surface area contributed by atoms with Crippen molar-refractivity contribution in [3.63, 3.8) is 0 Å². The van der Waals surface area contributed by atoms with Crippen molar-refractivity contribution in [1.82, 2.24) is 28.3 Å². The number of methoxy groups -OCH3 is 1. The number of hydrogen-bond donors (Lipinski definition) is 1. The predicted octanol–water partition coefficient (Wildman–Crippen LogP) is 3.36. The predicted molar refractivity (Wildman–Crippen MR) is 189 cm³/mol. The number of rotatable bonds is 6. The van der Waals surface area contributed by atoms with Crippen molar-refractivity contribution in [3.05, 3.63) is 63.9 Å². The molecule has 3 unspecified atom stereocenters. The molecule has 4 atom stereocenters. The Bertz CT molecular complexity index is 1920. The molecule has 6 aliphatic rings. The van der Waals surface area contributed by atoms with Gasteiger partial charge in [0.2, 0.25) is 5.91 Å². The molecule has 3 aliphatic heterocycles. The van der Waals surface area contributed by atoms with Gasteiger partial charge >= 0.3 is 10.2 Å². The fourth-order valence-corrected chi connectivity index (χ4v) is 10.0. The number of likely N-dealkylation sites (N-methyl/N-ethyl adjacent to an activating group) is 2. The standard InChI is InChI=1S/C37H48N6O5S/c1-39(2)49(46,47)38-36(44)34-29-21-43-30(16-28-31(48-5)15-14-25(35(28)43)22-10-7-6-8-11-22)32-26(33(29)34)12-9-13-27(32)37(45)42-19-23-17-40(3)18-24(20-42)41(23)4/h9,12,14-16,22-24,27,32H,6-8,10-11,13,17-21H2,1-5H3,(H,38,44)/t23?,24?,27-,32?/m1/s1. The molecular weight excluding hydrogens is 641 g/mol. The number of nitrogens with zero attached hydrogens (tertiary/aromatic N) is 5. The molecule has 49 heavy (non-hydrogen) atoms. The van der Waals surface area contributed by atoms with Crippen LogP contribution < -0.4 is 9.46 Å². The van der Waals surface area contributed by atoms with Gasteiger partial charge in [0.25, 0.3) is 5.91 Å². The van der Waals surface area contributed by atoms with E-state index in [9.17, 15) is 18.0 Å². The normalized spacial score (nSPS) is 27.6. The number of fused-ring (bicyclic) bond motifs is 8. The highest BCUT2D eigenvalue weighted by Gasteiger charge is 2.49. The summed E-state index contributed by atoms with van der Waals surface area (Å²) >= 11 is 0. The van der Waals surface area contributed by atoms with Gasteiger partial charge < -0.3 is 19.1 Å². The average Bonchev–Trinajstić information content (AvgIpc) is 3.70. The zero-order valence-electron chi connectivity index (χ0n) is 29.2. The number of piperazine rings is 2. The molecule has 0 spiro atoms. The Balaban J connectivity index is 1.27. The van der Waals surface area contributed by atoms with Crippen LogP contribution in [-0.4, -0.2) is 117 Å². The lowest BCUT2D eigenvalue weighted by atomic mass is 9.75. The van der Waals surface area contributed by atoms with Gasteiger partial charge in [0.05, 0.1) is 24.1 Å². The summed E-state index contributed by atoms with van der Waals surface area (Å²) < 4.78 is 37.1. The quantitative estimate of drug-likeness (QED) is 0.496. The SMILES string of the molecule is COc1ccc(C2CCCCC2)c2c1cc1n2CC2=C(C(=O)NS(=O)(=O)N(C)C)C2=C2C=CC[C@@H](C(=O)N3CC4CN(C)CC(C3)N4C)C21. The molecule has 1 aromatic heterocycles. The molecule has 0 radical (unpaired) electrons. The monoisotopic (exact) mass is 688 g/mol. The maximum atomic E-state index is 14.8. The van der Waals surface area contributed by atoms with Gasteiger partial charge in [0.15, 0.2) is 0 Å². The van der Waals surface area contributed by atoms with E-state index in [1.54, 1.807) is 7.11 Å². The Morgan fingerprint density at radius 3 is 2.39 bits per heavy atom. The first kappa shape index (κ1) is 32.7. The van der Waals surface area contributed by atoms with Gasteiger partial charge in [-0.25, -0.2) is 4.72 Å². The number of hydrogen-bond acceptors (Lipinski definition) is 7. The highest BCUT2D eigenvalue weighted by Crippen LogP contribution is 2.55. The number of carbonyl (C=O) groups excluding carboxylic acids is 2. The molecule has 11 nitrogen and oxygen atoms in total. The molecule has 1 saturated carbocycles. The molecule has 2 saturated heterocycles. The van der Waals surface area contributed by atoms with Crippen LogP contribution in [-0.2, 0) is 26.3 Å². The van der Waals surface area contributed by atoms with Gasteiger partial charge in [-0.05, 0) is 73.7 Å². The lowest BCUT2D eigenvalue weighted by Gasteiger charge is -2.52. The van der Waals surface area contributed by atoms with Crippen molar-refractivity contribution in [2.24, 2.45) is 5.92 Å². The Kier molecular flexibility index (Phi) is 8.09. The number of allylic oxidation sites excluding steroid dienone is 4. The van der Waals surface area contributed by atoms with Crippen LogP contribution >= 0.6 is 0 Å². The number of amides is 2. The molecule has 1 N–H and O–H groups in total. The van der Waals surface area contributed by atoms with Gasteiger partial charge in [0.1, 0.15) is 5.75 Å². The van der Waals surface area contributed by atoms with E-state index in [0.29, 0.717) is 37.5 Å². The Hall–Kier alpha value is -3.45. The van der Waals surface area contributed by atoms with Crippen LogP contribution in [0.3, 0.4) is 0 Å². The lowest BCUT2D eigenvalue weighted by Crippen LogP contribution is -2.67. The van der Waals surface area contributed by atoms with Gasteiger partial charge in [-0.1, -0.05) is 37.5 Å². The van der Waals surface area contributed by atoms with E-state index in [1.807, 2.05) is 0 Å². The summed E-state index contributed by atoms with van der Waals surface area (Å²) in [6.07, 6.45) is 10.7. The molecule has 1 aromatic carbocycles. The fraction of sp³-hybridized carbons (Fsp3) is 0.568. The molecule has 3 aliphatic carbocycles. The van der Waals surface area contributed by atoms with Crippen molar-refractivity contribution in [2.45, 2.75) is 69.0 Å². The largest absolute Gasteiger partial charge is 0.496 e. The van der Waals surface area contributed by atoms with Crippen molar-refractivity contribution < 1.29 is 22.7 Å². The molecule has 12 heteroatoms. The van der Waals surface area contributed by atoms with E-state index < -0.39 is 16.1 Å². The third kappa shape index (κ3) is 5.37. The zero-order chi connectivity index (χ0) is 34.4. The molecule has 2 aromatic rings. The Labute approximate surface area is 289 Å². The minimum Gasteiger partial charge on any atom is -0.496 e. The van der Waals surface area contributed by atoms with Crippen LogP contribution in [0.15, 0.2) is 52.6 Å². The first-order valence-corrected chi connectivity index (χ1v) is 19.2. The van der Waals surface area contributed by atoms with E-state index >= 15 is 0 Å². The summed E-state index contributed by atoms with van der Waals surface area (Å²) in [4.78, 5) is 35.4. The van der Waals surface area contributed by atoms with Crippen LogP contribution in [0, 0.1) is 5.92 Å². The third-order valence-corrected chi connectivity index (χ3v) is 13.5. The van der Waals surface area contributed by atoms with E-state index in [0.717, 1.165) is 69.3 Å². The number of benzene rings is 1. The minimum atomic E-state index is -3.99. The average molecular weight is 689 g/mol. The van der Waals surface area contributed by atoms with Crippen molar-refractivity contribution in [3.8, 4) is 5.75 Å². The third-order valence-electron chi connectivity index (χ3n) is 12.1. The number of aromatic nitrogens is 1. The van der Waals surface area contributed by atoms with E-state index in [-0.39, 0.29) is 29.8 Å². The highest BCUT2D eigenvalue weighted by molar-refractivity contribution is 7.87. The second-order valence-corrected chi connectivity index (χ2v) is 17.1. The Morgan fingerprint density at radius 2 is 1.71 bits per heavy atom. The molecule has 262 valence electrons. The molecule has 3 fully saturated rings. The van der Waals surface area contributed by atoms with Gasteiger partial charge in [-0.2, -0.15) is 12.7 Å². The molecule has 2 bridgehead atoms. The summed E-state index contributed by atoms with van der Waals surface area (Å²) in [6, 6.07) is 7.10. The van der Waals surface area contributed by atoms with Gasteiger partial charge in [-0.3, -0.25) is 14.5 Å². The van der Waals surface area contributed by atoms with Crippen molar-refractivity contribution >= 4 is 32.9 Å². The van der Waals surface area contributed by atoms with E-state index in [2.05, 4.69) is 68.4 Å². The molecule has 2 amide bonds. The van der Waals surface area contributed by atoms with Crippen molar-refractivity contribution in [1.29, 1.82) is 0 Å². The minimum absolute atomic E-state index is 0.154. The number of nitrogens with one attached hydrogen (secondary N) is 1. The van der Waals surface area contributed by atoms with E-state index in [4.69, 9.17) is 4.74 Å². The van der Waals surface area contributed by atoms with Crippen LogP contribution in [0.4, 0.5) is 0 Å². The van der Waals surface area contributed by atoms with Crippen molar-refractivity contribution in [2.75, 3.05) is 61.5 Å². The Morgan fingerprint density at radius 1 is 1.00 bits per heavy atom.